The van der Waals surface area contributed by atoms with Gasteiger partial charge in [-0.2, -0.15) is 0 Å². The number of hydrogen-bond acceptors (Lipinski definition) is 4. The number of nitrogens with zero attached hydrogens (tertiary/aromatic N) is 1. The van der Waals surface area contributed by atoms with Gasteiger partial charge >= 0.3 is 6.03 Å². The van der Waals surface area contributed by atoms with Crippen LogP contribution >= 0.6 is 0 Å². The molecular weight excluding hydrogens is 294 g/mol. The molecule has 1 heterocycles. The molecule has 0 spiro atoms. The van der Waals surface area contributed by atoms with Gasteiger partial charge in [-0.1, -0.05) is 31.0 Å². The third kappa shape index (κ3) is 4.30. The van der Waals surface area contributed by atoms with Crippen molar-refractivity contribution < 1.29 is 14.3 Å². The molecule has 1 aromatic rings. The summed E-state index contributed by atoms with van der Waals surface area (Å²) in [6, 6.07) is 8.89. The van der Waals surface area contributed by atoms with Crippen molar-refractivity contribution in [2.24, 2.45) is 0 Å². The number of hydrogen-bond donors (Lipinski definition) is 2. The van der Waals surface area contributed by atoms with E-state index in [0.717, 1.165) is 19.4 Å². The fourth-order valence-corrected chi connectivity index (χ4v) is 3.41. The molecule has 23 heavy (non-hydrogen) atoms. The van der Waals surface area contributed by atoms with E-state index in [4.69, 9.17) is 4.74 Å². The van der Waals surface area contributed by atoms with Gasteiger partial charge in [0.15, 0.2) is 0 Å². The number of carbonyl (C=O) groups is 2. The van der Waals surface area contributed by atoms with E-state index in [2.05, 4.69) is 15.5 Å². The lowest BCUT2D eigenvalue weighted by atomic mass is 9.90. The van der Waals surface area contributed by atoms with Gasteiger partial charge in [-0.3, -0.25) is 15.0 Å². The van der Waals surface area contributed by atoms with E-state index in [9.17, 15) is 9.59 Å². The van der Waals surface area contributed by atoms with Gasteiger partial charge in [0, 0.05) is 18.3 Å². The van der Waals surface area contributed by atoms with E-state index in [1.165, 1.54) is 12.8 Å². The van der Waals surface area contributed by atoms with Crippen LogP contribution in [0.3, 0.4) is 0 Å². The second-order valence-corrected chi connectivity index (χ2v) is 6.10. The maximum Gasteiger partial charge on any atom is 0.325 e. The first-order valence-corrected chi connectivity index (χ1v) is 8.24. The average molecular weight is 317 g/mol. The number of ether oxygens (including phenoxy) is 1. The third-order valence-electron chi connectivity index (χ3n) is 4.48. The first-order valence-electron chi connectivity index (χ1n) is 8.24. The first kappa shape index (κ1) is 16.0. The van der Waals surface area contributed by atoms with Crippen LogP contribution in [0.5, 0.6) is 0 Å². The zero-order chi connectivity index (χ0) is 16.1. The van der Waals surface area contributed by atoms with Gasteiger partial charge in [0.25, 0.3) is 0 Å². The van der Waals surface area contributed by atoms with Crippen LogP contribution in [-0.2, 0) is 9.53 Å². The van der Waals surface area contributed by atoms with Crippen LogP contribution < -0.4 is 10.6 Å². The summed E-state index contributed by atoms with van der Waals surface area (Å²) in [5.74, 6) is -0.273. The Morgan fingerprint density at radius 3 is 2.78 bits per heavy atom. The molecule has 124 valence electrons. The van der Waals surface area contributed by atoms with Crippen LogP contribution in [0.1, 0.15) is 25.7 Å². The van der Waals surface area contributed by atoms with Gasteiger partial charge in [0.2, 0.25) is 5.91 Å². The second-order valence-electron chi connectivity index (χ2n) is 6.10. The number of morpholine rings is 1. The van der Waals surface area contributed by atoms with Crippen LogP contribution in [0.4, 0.5) is 10.5 Å². The normalized spacial score (nSPS) is 24.5. The lowest BCUT2D eigenvalue weighted by Crippen LogP contribution is -2.55. The maximum atomic E-state index is 12.1. The Bertz CT molecular complexity index is 547. The molecule has 2 aliphatic rings. The maximum absolute atomic E-state index is 12.1. The van der Waals surface area contributed by atoms with E-state index < -0.39 is 6.03 Å². The van der Waals surface area contributed by atoms with E-state index >= 15 is 0 Å². The number of anilines is 1. The highest BCUT2D eigenvalue weighted by Gasteiger charge is 2.34. The van der Waals surface area contributed by atoms with Crippen molar-refractivity contribution in [3.8, 4) is 0 Å². The Hall–Kier alpha value is -1.92. The molecule has 6 heteroatoms. The van der Waals surface area contributed by atoms with Gasteiger partial charge in [0.05, 0.1) is 19.3 Å². The Labute approximate surface area is 136 Å². The summed E-state index contributed by atoms with van der Waals surface area (Å²) in [5, 5.41) is 5.05. The number of para-hydroxylation sites is 1. The van der Waals surface area contributed by atoms with Crippen molar-refractivity contribution in [2.75, 3.05) is 25.0 Å². The smallest absolute Gasteiger partial charge is 0.325 e. The summed E-state index contributed by atoms with van der Waals surface area (Å²) in [6.07, 6.45) is 4.74. The fourth-order valence-electron chi connectivity index (χ4n) is 3.41. The molecule has 2 N–H and O–H groups in total. The lowest BCUT2D eigenvalue weighted by molar-refractivity contribution is -0.128. The number of benzene rings is 1. The van der Waals surface area contributed by atoms with Crippen molar-refractivity contribution in [3.05, 3.63) is 30.3 Å². The van der Waals surface area contributed by atoms with Crippen LogP contribution in [0, 0.1) is 0 Å². The summed E-state index contributed by atoms with van der Waals surface area (Å²) < 4.78 is 5.80. The molecular formula is C17H23N3O3. The average Bonchev–Trinajstić information content (AvgIpc) is 2.56. The molecule has 1 saturated heterocycles. The number of rotatable bonds is 3. The molecule has 0 aromatic heterocycles. The summed E-state index contributed by atoms with van der Waals surface area (Å²) in [7, 11) is 0. The highest BCUT2D eigenvalue weighted by molar-refractivity contribution is 6.01. The Morgan fingerprint density at radius 2 is 1.96 bits per heavy atom. The second kappa shape index (κ2) is 7.57. The number of fused-ring (bicyclic) bond motifs is 1. The molecule has 0 radical (unpaired) electrons. The van der Waals surface area contributed by atoms with E-state index in [-0.39, 0.29) is 18.6 Å². The summed E-state index contributed by atoms with van der Waals surface area (Å²) >= 11 is 0. The highest BCUT2D eigenvalue weighted by atomic mass is 16.5. The van der Waals surface area contributed by atoms with Crippen LogP contribution in [0.25, 0.3) is 0 Å². The Balaban J connectivity index is 1.49. The van der Waals surface area contributed by atoms with Crippen molar-refractivity contribution in [2.45, 2.75) is 37.8 Å². The van der Waals surface area contributed by atoms with Gasteiger partial charge in [0.1, 0.15) is 0 Å². The Morgan fingerprint density at radius 1 is 1.17 bits per heavy atom. The number of amides is 3. The Kier molecular flexibility index (Phi) is 5.25. The van der Waals surface area contributed by atoms with E-state index in [1.54, 1.807) is 12.1 Å². The molecule has 1 aliphatic carbocycles. The zero-order valence-corrected chi connectivity index (χ0v) is 13.2. The van der Waals surface area contributed by atoms with Crippen LogP contribution in [0.2, 0.25) is 0 Å². The van der Waals surface area contributed by atoms with Gasteiger partial charge in [-0.05, 0) is 25.0 Å². The molecule has 3 amide bonds. The molecule has 0 bridgehead atoms. The predicted molar refractivity (Wildman–Crippen MR) is 87.2 cm³/mol. The minimum Gasteiger partial charge on any atom is -0.375 e. The molecule has 3 rings (SSSR count). The van der Waals surface area contributed by atoms with Gasteiger partial charge in [-0.15, -0.1) is 0 Å². The summed E-state index contributed by atoms with van der Waals surface area (Å²) in [4.78, 5) is 26.1. The highest BCUT2D eigenvalue weighted by Crippen LogP contribution is 2.28. The summed E-state index contributed by atoms with van der Waals surface area (Å²) in [6.45, 7) is 1.65. The number of imide groups is 1. The SMILES string of the molecule is O=C(CN1CCO[C@H]2CCCC[C@@H]21)NC(=O)Nc1ccccc1. The quantitative estimate of drug-likeness (QED) is 0.894. The van der Waals surface area contributed by atoms with Crippen molar-refractivity contribution in [3.63, 3.8) is 0 Å². The number of urea groups is 1. The van der Waals surface area contributed by atoms with E-state index in [1.807, 2.05) is 18.2 Å². The molecule has 1 aliphatic heterocycles. The van der Waals surface area contributed by atoms with Crippen molar-refractivity contribution in [1.29, 1.82) is 0 Å². The lowest BCUT2D eigenvalue weighted by Gasteiger charge is -2.43. The minimum atomic E-state index is -0.491. The van der Waals surface area contributed by atoms with Gasteiger partial charge < -0.3 is 10.1 Å². The zero-order valence-electron chi connectivity index (χ0n) is 13.2. The fraction of sp³-hybridized carbons (Fsp3) is 0.529. The van der Waals surface area contributed by atoms with E-state index in [0.29, 0.717) is 18.3 Å². The van der Waals surface area contributed by atoms with Gasteiger partial charge in [-0.25, -0.2) is 4.79 Å². The molecule has 0 unspecified atom stereocenters. The van der Waals surface area contributed by atoms with Crippen LogP contribution in [-0.4, -0.2) is 48.7 Å². The van der Waals surface area contributed by atoms with Crippen LogP contribution in [0.15, 0.2) is 30.3 Å². The molecule has 2 atom stereocenters. The largest absolute Gasteiger partial charge is 0.375 e. The van der Waals surface area contributed by atoms with Crippen molar-refractivity contribution >= 4 is 17.6 Å². The molecule has 2 fully saturated rings. The third-order valence-corrected chi connectivity index (χ3v) is 4.48. The van der Waals surface area contributed by atoms with Crippen molar-refractivity contribution in [1.82, 2.24) is 10.2 Å². The number of nitrogens with one attached hydrogen (secondary N) is 2. The molecule has 1 saturated carbocycles. The predicted octanol–water partition coefficient (Wildman–Crippen LogP) is 1.98. The standard InChI is InChI=1S/C17H23N3O3/c21-16(19-17(22)18-13-6-2-1-3-7-13)12-20-10-11-23-15-9-5-4-8-14(15)20/h1-3,6-7,14-15H,4-5,8-12H2,(H2,18,19,21,22)/t14-,15-/m0/s1. The number of carbonyl (C=O) groups excluding carboxylic acids is 2. The molecule has 1 aromatic carbocycles. The minimum absolute atomic E-state index is 0.239. The summed E-state index contributed by atoms with van der Waals surface area (Å²) in [5.41, 5.74) is 0.663. The topological polar surface area (TPSA) is 70.7 Å². The first-order chi connectivity index (χ1) is 11.2. The monoisotopic (exact) mass is 317 g/mol. The molecule has 6 nitrogen and oxygen atoms in total.